The third-order valence-electron chi connectivity index (χ3n) is 11.4. The second-order valence-electron chi connectivity index (χ2n) is 18.1. The van der Waals surface area contributed by atoms with Crippen molar-refractivity contribution in [2.24, 2.45) is 0 Å². The van der Waals surface area contributed by atoms with Gasteiger partial charge in [0.25, 0.3) is 0 Å². The number of allylic oxidation sites excluding steroid dienone is 22. The van der Waals surface area contributed by atoms with Crippen LogP contribution in [0.15, 0.2) is 134 Å². The van der Waals surface area contributed by atoms with E-state index >= 15 is 0 Å². The van der Waals surface area contributed by atoms with Gasteiger partial charge in [0.15, 0.2) is 6.10 Å². The highest BCUT2D eigenvalue weighted by atomic mass is 16.6. The number of rotatable bonds is 49. The standard InChI is InChI=1S/C64H102O6/c1-4-7-10-13-16-19-22-25-27-29-30-31-32-33-34-35-37-39-42-45-48-51-54-57-63(66)69-60-61(59-68-62(65)56-53-50-47-44-41-38-24-21-18-15-12-9-6-3)70-64(67)58-55-52-49-46-43-40-36-28-26-23-20-17-14-11-8-5-2/h7,9-10,12,16,18-21,23,25,27-28,30-31,33-34,36-39,41,61H,4-6,8,11,13-15,17,22,24,26,29,32,35,40,42-60H2,1-3H3/b10-7-,12-9-,19-16-,21-18-,23-20-,27-25-,31-30-,34-33-,36-28-,39-37-,41-38-. The number of hydrogen-bond acceptors (Lipinski definition) is 6. The highest BCUT2D eigenvalue weighted by Gasteiger charge is 2.19. The minimum Gasteiger partial charge on any atom is -0.462 e. The molecule has 0 aliphatic rings. The molecular formula is C64H102O6. The van der Waals surface area contributed by atoms with Gasteiger partial charge in [-0.05, 0) is 135 Å². The fourth-order valence-corrected chi connectivity index (χ4v) is 7.19. The van der Waals surface area contributed by atoms with Gasteiger partial charge >= 0.3 is 17.9 Å². The molecule has 0 aromatic rings. The van der Waals surface area contributed by atoms with Crippen LogP contribution in [0.1, 0.15) is 233 Å². The fraction of sp³-hybridized carbons (Fsp3) is 0.609. The Morgan fingerprint density at radius 2 is 0.557 bits per heavy atom. The van der Waals surface area contributed by atoms with Gasteiger partial charge in [-0.25, -0.2) is 0 Å². The zero-order chi connectivity index (χ0) is 50.7. The molecule has 0 aliphatic carbocycles. The van der Waals surface area contributed by atoms with Crippen LogP contribution < -0.4 is 0 Å². The highest BCUT2D eigenvalue weighted by molar-refractivity contribution is 5.71. The van der Waals surface area contributed by atoms with Gasteiger partial charge in [-0.2, -0.15) is 0 Å². The van der Waals surface area contributed by atoms with Crippen molar-refractivity contribution < 1.29 is 28.6 Å². The lowest BCUT2D eigenvalue weighted by Crippen LogP contribution is -2.30. The first-order valence-corrected chi connectivity index (χ1v) is 28.2. The summed E-state index contributed by atoms with van der Waals surface area (Å²) in [4.78, 5) is 38.1. The van der Waals surface area contributed by atoms with Crippen molar-refractivity contribution in [2.45, 2.75) is 239 Å². The molecule has 6 nitrogen and oxygen atoms in total. The number of ether oxygens (including phenoxy) is 3. The number of carbonyl (C=O) groups is 3. The summed E-state index contributed by atoms with van der Waals surface area (Å²) < 4.78 is 16.8. The fourth-order valence-electron chi connectivity index (χ4n) is 7.19. The maximum atomic E-state index is 12.8. The van der Waals surface area contributed by atoms with Crippen LogP contribution in [0.3, 0.4) is 0 Å². The van der Waals surface area contributed by atoms with Crippen molar-refractivity contribution in [3.05, 3.63) is 134 Å². The molecule has 6 heteroatoms. The van der Waals surface area contributed by atoms with E-state index in [9.17, 15) is 14.4 Å². The van der Waals surface area contributed by atoms with Gasteiger partial charge in [-0.3, -0.25) is 14.4 Å². The molecule has 0 N–H and O–H groups in total. The summed E-state index contributed by atoms with van der Waals surface area (Å²) in [6.07, 6.45) is 80.1. The van der Waals surface area contributed by atoms with Gasteiger partial charge < -0.3 is 14.2 Å². The first-order valence-electron chi connectivity index (χ1n) is 28.2. The molecule has 0 saturated heterocycles. The number of hydrogen-bond donors (Lipinski definition) is 0. The molecule has 1 unspecified atom stereocenters. The van der Waals surface area contributed by atoms with Crippen molar-refractivity contribution in [1.29, 1.82) is 0 Å². The lowest BCUT2D eigenvalue weighted by Gasteiger charge is -2.18. The van der Waals surface area contributed by atoms with Crippen LogP contribution in [-0.4, -0.2) is 37.2 Å². The summed E-state index contributed by atoms with van der Waals surface area (Å²) in [5, 5.41) is 0. The number of unbranched alkanes of at least 4 members (excludes halogenated alkanes) is 16. The van der Waals surface area contributed by atoms with E-state index < -0.39 is 6.10 Å². The molecule has 0 heterocycles. The van der Waals surface area contributed by atoms with Gasteiger partial charge in [0.05, 0.1) is 0 Å². The van der Waals surface area contributed by atoms with Crippen LogP contribution in [0.25, 0.3) is 0 Å². The smallest absolute Gasteiger partial charge is 0.306 e. The summed E-state index contributed by atoms with van der Waals surface area (Å²) in [7, 11) is 0. The molecule has 0 spiro atoms. The third kappa shape index (κ3) is 54.5. The molecule has 0 bridgehead atoms. The Morgan fingerprint density at radius 3 is 0.886 bits per heavy atom. The molecule has 0 radical (unpaired) electrons. The predicted octanol–water partition coefficient (Wildman–Crippen LogP) is 19.0. The zero-order valence-electron chi connectivity index (χ0n) is 45.0. The Bertz CT molecular complexity index is 1530. The van der Waals surface area contributed by atoms with Crippen molar-refractivity contribution >= 4 is 17.9 Å². The first-order chi connectivity index (χ1) is 34.5. The topological polar surface area (TPSA) is 78.9 Å². The maximum Gasteiger partial charge on any atom is 0.306 e. The van der Waals surface area contributed by atoms with E-state index in [-0.39, 0.29) is 31.1 Å². The van der Waals surface area contributed by atoms with Crippen molar-refractivity contribution in [3.63, 3.8) is 0 Å². The zero-order valence-corrected chi connectivity index (χ0v) is 45.0. The SMILES string of the molecule is CC/C=C\C/C=C\C/C=C\C/C=C\C/C=C\C/C=C\CCCCCCC(=O)OCC(COC(=O)CCCCC/C=C\C/C=C\C/C=C\CC)OC(=O)CCCCCCC/C=C\C/C=C\CCCCCC. The Morgan fingerprint density at radius 1 is 0.300 bits per heavy atom. The molecule has 0 rings (SSSR count). The Balaban J connectivity index is 4.48. The summed E-state index contributed by atoms with van der Waals surface area (Å²) in [5.41, 5.74) is 0. The van der Waals surface area contributed by atoms with Crippen molar-refractivity contribution in [3.8, 4) is 0 Å². The summed E-state index contributed by atoms with van der Waals surface area (Å²) in [6.45, 7) is 6.32. The summed E-state index contributed by atoms with van der Waals surface area (Å²) in [6, 6.07) is 0. The minimum absolute atomic E-state index is 0.111. The molecule has 0 aromatic carbocycles. The summed E-state index contributed by atoms with van der Waals surface area (Å²) in [5.74, 6) is -0.983. The van der Waals surface area contributed by atoms with Crippen LogP contribution in [0, 0.1) is 0 Å². The maximum absolute atomic E-state index is 12.8. The number of esters is 3. The van der Waals surface area contributed by atoms with Crippen LogP contribution in [-0.2, 0) is 28.6 Å². The normalized spacial score (nSPS) is 13.1. The second kappa shape index (κ2) is 57.1. The lowest BCUT2D eigenvalue weighted by molar-refractivity contribution is -0.167. The molecule has 0 saturated carbocycles. The largest absolute Gasteiger partial charge is 0.462 e. The van der Waals surface area contributed by atoms with E-state index in [2.05, 4.69) is 154 Å². The monoisotopic (exact) mass is 967 g/mol. The Kier molecular flexibility index (Phi) is 53.5. The first kappa shape index (κ1) is 65.5. The molecule has 0 fully saturated rings. The van der Waals surface area contributed by atoms with Crippen molar-refractivity contribution in [1.82, 2.24) is 0 Å². The van der Waals surface area contributed by atoms with Crippen LogP contribution in [0.4, 0.5) is 0 Å². The molecule has 0 aliphatic heterocycles. The minimum atomic E-state index is -0.814. The van der Waals surface area contributed by atoms with Crippen molar-refractivity contribution in [2.75, 3.05) is 13.2 Å². The highest BCUT2D eigenvalue weighted by Crippen LogP contribution is 2.13. The molecule has 0 amide bonds. The van der Waals surface area contributed by atoms with E-state index in [0.717, 1.165) is 161 Å². The van der Waals surface area contributed by atoms with Crippen LogP contribution >= 0.6 is 0 Å². The quantitative estimate of drug-likeness (QED) is 0.0262. The molecule has 0 aromatic heterocycles. The van der Waals surface area contributed by atoms with E-state index in [0.29, 0.717) is 19.3 Å². The lowest BCUT2D eigenvalue weighted by atomic mass is 10.1. The second-order valence-corrected chi connectivity index (χ2v) is 18.1. The third-order valence-corrected chi connectivity index (χ3v) is 11.4. The van der Waals surface area contributed by atoms with E-state index in [1.807, 2.05) is 0 Å². The average Bonchev–Trinajstić information content (AvgIpc) is 3.36. The van der Waals surface area contributed by atoms with Gasteiger partial charge in [-0.1, -0.05) is 212 Å². The Labute approximate surface area is 430 Å². The predicted molar refractivity (Wildman–Crippen MR) is 302 cm³/mol. The number of carbonyl (C=O) groups excluding carboxylic acids is 3. The van der Waals surface area contributed by atoms with Crippen LogP contribution in [0.5, 0.6) is 0 Å². The molecule has 70 heavy (non-hydrogen) atoms. The van der Waals surface area contributed by atoms with Crippen LogP contribution in [0.2, 0.25) is 0 Å². The van der Waals surface area contributed by atoms with Gasteiger partial charge in [0.1, 0.15) is 13.2 Å². The van der Waals surface area contributed by atoms with E-state index in [4.69, 9.17) is 14.2 Å². The molecular weight excluding hydrogens is 865 g/mol. The van der Waals surface area contributed by atoms with E-state index in [1.54, 1.807) is 0 Å². The van der Waals surface area contributed by atoms with E-state index in [1.165, 1.54) is 32.1 Å². The summed E-state index contributed by atoms with van der Waals surface area (Å²) >= 11 is 0. The molecule has 1 atom stereocenters. The molecule has 394 valence electrons. The van der Waals surface area contributed by atoms with Gasteiger partial charge in [-0.15, -0.1) is 0 Å². The average molecular weight is 968 g/mol. The van der Waals surface area contributed by atoms with Gasteiger partial charge in [0.2, 0.25) is 0 Å². The Hall–Kier alpha value is -4.45. The van der Waals surface area contributed by atoms with Gasteiger partial charge in [0, 0.05) is 19.3 Å².